The van der Waals surface area contributed by atoms with Gasteiger partial charge in [0.25, 0.3) is 0 Å². The summed E-state index contributed by atoms with van der Waals surface area (Å²) in [4.78, 5) is 3.36. The number of hydrogen-bond acceptors (Lipinski definition) is 3. The molecule has 3 nitrogen and oxygen atoms in total. The smallest absolute Gasteiger partial charge is 0.179 e. The lowest BCUT2D eigenvalue weighted by Crippen LogP contribution is -1.91. The Labute approximate surface area is 35.9 Å². The largest absolute Gasteiger partial charge is 0.346 e. The van der Waals surface area contributed by atoms with Crippen molar-refractivity contribution < 1.29 is 10.1 Å². The molecule has 0 aromatic rings. The molecule has 0 aliphatic carbocycles. The molecule has 34 valence electrons. The van der Waals surface area contributed by atoms with Crippen molar-refractivity contribution in [3.63, 3.8) is 0 Å². The van der Waals surface area contributed by atoms with Gasteiger partial charge in [0.15, 0.2) is 6.11 Å². The summed E-state index contributed by atoms with van der Waals surface area (Å²) in [5, 5.41) is 9.91. The molecule has 0 aliphatic heterocycles. The lowest BCUT2D eigenvalue weighted by molar-refractivity contribution is -0.171. The molecule has 3 heteroatoms. The Morgan fingerprint density at radius 2 is 2.50 bits per heavy atom. The van der Waals surface area contributed by atoms with Crippen molar-refractivity contribution in [2.24, 2.45) is 0 Å². The monoisotopic (exact) mass is 87.0 g/mol. The zero-order valence-electron chi connectivity index (χ0n) is 3.36. The summed E-state index contributed by atoms with van der Waals surface area (Å²) in [6.45, 7) is 0. The zero-order valence-corrected chi connectivity index (χ0v) is 3.36. The van der Waals surface area contributed by atoms with Gasteiger partial charge in [-0.3, -0.25) is 4.89 Å². The second-order valence-electron chi connectivity index (χ2n) is 0.568. The molecule has 2 N–H and O–H groups in total. The lowest BCUT2D eigenvalue weighted by Gasteiger charge is -1.72. The summed E-state index contributed by atoms with van der Waals surface area (Å²) in [5.74, 6) is 0. The highest BCUT2D eigenvalue weighted by molar-refractivity contribution is 4.84. The van der Waals surface area contributed by atoms with E-state index in [4.69, 9.17) is 5.26 Å². The Hall–Kier alpha value is -0.880. The Morgan fingerprint density at radius 3 is 2.67 bits per heavy atom. The molecule has 0 saturated heterocycles. The topological polar surface area (TPSA) is 41.5 Å². The third-order valence-electron chi connectivity index (χ3n) is 0.222. The fraction of sp³-hybridized carbons (Fsp3) is 0.333. The SMILES string of the molecule is CNC#COO. The Balaban J connectivity index is 2.90. The van der Waals surface area contributed by atoms with E-state index >= 15 is 0 Å². The summed E-state index contributed by atoms with van der Waals surface area (Å²) >= 11 is 0. The summed E-state index contributed by atoms with van der Waals surface area (Å²) in [5.41, 5.74) is 0. The first-order chi connectivity index (χ1) is 2.91. The lowest BCUT2D eigenvalue weighted by atomic mass is 11.0. The molecule has 0 rings (SSSR count). The van der Waals surface area contributed by atoms with Crippen LogP contribution in [-0.2, 0) is 4.89 Å². The molecular formula is C3H5NO2. The van der Waals surface area contributed by atoms with Gasteiger partial charge in [-0.1, -0.05) is 0 Å². The van der Waals surface area contributed by atoms with Crippen LogP contribution in [0.25, 0.3) is 0 Å². The fourth-order valence-corrected chi connectivity index (χ4v) is 0.0739. The van der Waals surface area contributed by atoms with Crippen LogP contribution in [0, 0.1) is 12.2 Å². The van der Waals surface area contributed by atoms with Crippen LogP contribution in [0.15, 0.2) is 0 Å². The van der Waals surface area contributed by atoms with Gasteiger partial charge in [0.1, 0.15) is 0 Å². The van der Waals surface area contributed by atoms with Gasteiger partial charge in [0.05, 0.1) is 6.04 Å². The predicted molar refractivity (Wildman–Crippen MR) is 20.5 cm³/mol. The first-order valence-corrected chi connectivity index (χ1v) is 1.39. The van der Waals surface area contributed by atoms with Crippen LogP contribution in [0.5, 0.6) is 0 Å². The van der Waals surface area contributed by atoms with Gasteiger partial charge in [0.2, 0.25) is 0 Å². The van der Waals surface area contributed by atoms with E-state index in [1.165, 1.54) is 0 Å². The fourth-order valence-electron chi connectivity index (χ4n) is 0.0739. The molecule has 0 fully saturated rings. The molecule has 0 aromatic heterocycles. The van der Waals surface area contributed by atoms with Gasteiger partial charge in [-0.25, -0.2) is 0 Å². The molecule has 0 aromatic carbocycles. The van der Waals surface area contributed by atoms with Crippen LogP contribution >= 0.6 is 0 Å². The summed E-state index contributed by atoms with van der Waals surface area (Å²) in [7, 11) is 1.62. The molecule has 0 heterocycles. The maximum absolute atomic E-state index is 7.48. The number of nitrogens with one attached hydrogen (secondary N) is 1. The normalized spacial score (nSPS) is 5.00. The summed E-state index contributed by atoms with van der Waals surface area (Å²) < 4.78 is 0. The van der Waals surface area contributed by atoms with E-state index < -0.39 is 0 Å². The molecule has 0 bridgehead atoms. The van der Waals surface area contributed by atoms with Crippen molar-refractivity contribution in [3.05, 3.63) is 0 Å². The maximum atomic E-state index is 7.48. The molecular weight excluding hydrogens is 82.0 g/mol. The van der Waals surface area contributed by atoms with Gasteiger partial charge < -0.3 is 5.32 Å². The van der Waals surface area contributed by atoms with Crippen molar-refractivity contribution in [2.75, 3.05) is 7.05 Å². The molecule has 0 radical (unpaired) electrons. The highest BCUT2D eigenvalue weighted by Crippen LogP contribution is 1.46. The van der Waals surface area contributed by atoms with E-state index in [0.29, 0.717) is 0 Å². The molecule has 0 atom stereocenters. The second-order valence-corrected chi connectivity index (χ2v) is 0.568. The van der Waals surface area contributed by atoms with Crippen LogP contribution in [-0.4, -0.2) is 12.3 Å². The van der Waals surface area contributed by atoms with Gasteiger partial charge in [0, 0.05) is 7.05 Å². The van der Waals surface area contributed by atoms with Crippen molar-refractivity contribution >= 4 is 0 Å². The van der Waals surface area contributed by atoms with E-state index in [-0.39, 0.29) is 0 Å². The van der Waals surface area contributed by atoms with E-state index in [1.807, 2.05) is 6.11 Å². The van der Waals surface area contributed by atoms with Gasteiger partial charge in [-0.15, -0.1) is 0 Å². The highest BCUT2D eigenvalue weighted by Gasteiger charge is 1.52. The number of rotatable bonds is 0. The quantitative estimate of drug-likeness (QED) is 0.183. The predicted octanol–water partition coefficient (Wildman–Crippen LogP) is -0.386. The van der Waals surface area contributed by atoms with Gasteiger partial charge >= 0.3 is 0 Å². The Kier molecular flexibility index (Phi) is 3.52. The van der Waals surface area contributed by atoms with E-state index in [9.17, 15) is 0 Å². The standard InChI is InChI=1S/C3H5NO2/c1-4-2-3-6-5/h4-5H,1H3. The molecule has 0 unspecified atom stereocenters. The van der Waals surface area contributed by atoms with Crippen molar-refractivity contribution in [2.45, 2.75) is 0 Å². The molecule has 6 heavy (non-hydrogen) atoms. The molecule has 0 saturated carbocycles. The molecule has 0 spiro atoms. The Bertz CT molecular complexity index is 62.6. The maximum Gasteiger partial charge on any atom is 0.179 e. The molecule has 0 amide bonds. The summed E-state index contributed by atoms with van der Waals surface area (Å²) in [6.07, 6.45) is 1.89. The van der Waals surface area contributed by atoms with Crippen molar-refractivity contribution in [3.8, 4) is 12.2 Å². The average Bonchev–Trinajstić information content (AvgIpc) is 1.61. The van der Waals surface area contributed by atoms with E-state index in [0.717, 1.165) is 0 Å². The third kappa shape index (κ3) is 3.12. The molecule has 0 aliphatic rings. The van der Waals surface area contributed by atoms with Gasteiger partial charge in [-0.2, -0.15) is 5.26 Å². The summed E-state index contributed by atoms with van der Waals surface area (Å²) in [6, 6.07) is 2.23. The van der Waals surface area contributed by atoms with Crippen LogP contribution < -0.4 is 5.32 Å². The van der Waals surface area contributed by atoms with Crippen LogP contribution in [0.4, 0.5) is 0 Å². The first kappa shape index (κ1) is 5.12. The van der Waals surface area contributed by atoms with Crippen LogP contribution in [0.2, 0.25) is 0 Å². The average molecular weight is 87.1 g/mol. The first-order valence-electron chi connectivity index (χ1n) is 1.39. The van der Waals surface area contributed by atoms with Crippen LogP contribution in [0.1, 0.15) is 0 Å². The van der Waals surface area contributed by atoms with Crippen LogP contribution in [0.3, 0.4) is 0 Å². The van der Waals surface area contributed by atoms with Crippen molar-refractivity contribution in [1.29, 1.82) is 0 Å². The van der Waals surface area contributed by atoms with E-state index in [2.05, 4.69) is 16.2 Å². The minimum Gasteiger partial charge on any atom is -0.346 e. The third-order valence-corrected chi connectivity index (χ3v) is 0.222. The number of hydrogen-bond donors (Lipinski definition) is 2. The minimum absolute atomic E-state index is 1.62. The zero-order chi connectivity index (χ0) is 4.83. The van der Waals surface area contributed by atoms with Gasteiger partial charge in [-0.05, 0) is 0 Å². The van der Waals surface area contributed by atoms with Crippen molar-refractivity contribution in [1.82, 2.24) is 5.32 Å². The Morgan fingerprint density at radius 1 is 1.83 bits per heavy atom. The van der Waals surface area contributed by atoms with E-state index in [1.54, 1.807) is 7.05 Å². The highest BCUT2D eigenvalue weighted by atomic mass is 17.1. The minimum atomic E-state index is 1.62. The second kappa shape index (κ2) is 4.12.